The molecule has 0 heterocycles. The number of rotatable bonds is 12. The smallest absolute Gasteiger partial charge is 0.240 e. The van der Waals surface area contributed by atoms with Gasteiger partial charge in [0.15, 0.2) is 11.5 Å². The Kier molecular flexibility index (Phi) is 10.3. The molecule has 0 saturated heterocycles. The van der Waals surface area contributed by atoms with E-state index in [0.717, 1.165) is 12.8 Å². The molecule has 0 bridgehead atoms. The topological polar surface area (TPSA) is 70.9 Å². The largest absolute Gasteiger partial charge is 0.504 e. The quantitative estimate of drug-likeness (QED) is 0.338. The Morgan fingerprint density at radius 3 is 2.58 bits per heavy atom. The molecule has 0 spiro atoms. The summed E-state index contributed by atoms with van der Waals surface area (Å²) in [4.78, 5) is 11.7. The molecular weight excluding hydrogens is 304 g/mol. The molecule has 5 heteroatoms. The number of aromatic hydroxyl groups is 1. The fourth-order valence-corrected chi connectivity index (χ4v) is 2.39. The van der Waals surface area contributed by atoms with Crippen LogP contribution in [0.25, 0.3) is 0 Å². The second kappa shape index (κ2) is 12.4. The zero-order valence-electron chi connectivity index (χ0n) is 14.9. The minimum atomic E-state index is -0.0970. The lowest BCUT2D eigenvalue weighted by Gasteiger charge is -2.07. The first-order chi connectivity index (χ1) is 11.7. The second-order valence-electron chi connectivity index (χ2n) is 5.79. The van der Waals surface area contributed by atoms with E-state index in [1.54, 1.807) is 18.2 Å². The lowest BCUT2D eigenvalue weighted by atomic mass is 10.1. The lowest BCUT2D eigenvalue weighted by molar-refractivity contribution is -0.121. The van der Waals surface area contributed by atoms with Gasteiger partial charge in [0.25, 0.3) is 0 Å². The van der Waals surface area contributed by atoms with Gasteiger partial charge in [0.05, 0.1) is 12.8 Å². The highest BCUT2D eigenvalue weighted by Crippen LogP contribution is 2.28. The molecule has 5 nitrogen and oxygen atoms in total. The summed E-state index contributed by atoms with van der Waals surface area (Å²) < 4.78 is 5.31. The van der Waals surface area contributed by atoms with E-state index >= 15 is 0 Å². The van der Waals surface area contributed by atoms with E-state index < -0.39 is 0 Å². The third kappa shape index (κ3) is 7.99. The van der Waals surface area contributed by atoms with Crippen LogP contribution < -0.4 is 10.2 Å². The Hall–Kier alpha value is -2.04. The normalized spacial score (nSPS) is 10.9. The maximum atomic E-state index is 11.7. The number of phenolic OH excluding ortho intramolecular Hbond substituents is 1. The molecule has 1 aromatic carbocycles. The van der Waals surface area contributed by atoms with Crippen molar-refractivity contribution < 1.29 is 14.6 Å². The molecule has 0 radical (unpaired) electrons. The monoisotopic (exact) mass is 334 g/mol. The van der Waals surface area contributed by atoms with Gasteiger partial charge in [-0.25, -0.2) is 5.43 Å². The molecule has 2 N–H and O–H groups in total. The SMILES string of the molecule is CCCCCCCCCC(=O)NN=Cc1cccc(OCC)c1O. The van der Waals surface area contributed by atoms with E-state index in [1.165, 1.54) is 38.3 Å². The van der Waals surface area contributed by atoms with Crippen LogP contribution in [0.1, 0.15) is 70.8 Å². The van der Waals surface area contributed by atoms with Gasteiger partial charge in [0.1, 0.15) is 0 Å². The van der Waals surface area contributed by atoms with Crippen LogP contribution in [0.15, 0.2) is 23.3 Å². The minimum Gasteiger partial charge on any atom is -0.504 e. The van der Waals surface area contributed by atoms with Crippen molar-refractivity contribution in [3.63, 3.8) is 0 Å². The summed E-state index contributed by atoms with van der Waals surface area (Å²) in [5.74, 6) is 0.348. The zero-order chi connectivity index (χ0) is 17.6. The summed E-state index contributed by atoms with van der Waals surface area (Å²) in [6.45, 7) is 4.53. The van der Waals surface area contributed by atoms with Crippen molar-refractivity contribution in [2.24, 2.45) is 5.10 Å². The van der Waals surface area contributed by atoms with E-state index in [9.17, 15) is 9.90 Å². The maximum Gasteiger partial charge on any atom is 0.240 e. The van der Waals surface area contributed by atoms with Crippen LogP contribution in [-0.4, -0.2) is 23.8 Å². The van der Waals surface area contributed by atoms with Crippen molar-refractivity contribution in [1.82, 2.24) is 5.43 Å². The van der Waals surface area contributed by atoms with Gasteiger partial charge in [-0.2, -0.15) is 5.10 Å². The number of nitrogens with zero attached hydrogens (tertiary/aromatic N) is 1. The molecule has 1 rings (SSSR count). The summed E-state index contributed by atoms with van der Waals surface area (Å²) >= 11 is 0. The van der Waals surface area contributed by atoms with Crippen molar-refractivity contribution in [3.05, 3.63) is 23.8 Å². The number of nitrogens with one attached hydrogen (secondary N) is 1. The Balaban J connectivity index is 2.27. The fraction of sp³-hybridized carbons (Fsp3) is 0.579. The van der Waals surface area contributed by atoms with Gasteiger partial charge in [0.2, 0.25) is 5.91 Å². The average molecular weight is 334 g/mol. The van der Waals surface area contributed by atoms with Crippen LogP contribution in [0.5, 0.6) is 11.5 Å². The number of hydrogen-bond donors (Lipinski definition) is 2. The van der Waals surface area contributed by atoms with Crippen LogP contribution in [0, 0.1) is 0 Å². The molecule has 0 unspecified atom stereocenters. The number of unbranched alkanes of at least 4 members (excludes halogenated alkanes) is 6. The molecule has 0 aliphatic rings. The van der Waals surface area contributed by atoms with Gasteiger partial charge in [-0.3, -0.25) is 4.79 Å². The lowest BCUT2D eigenvalue weighted by Crippen LogP contribution is -2.16. The molecule has 0 aliphatic carbocycles. The number of ether oxygens (including phenoxy) is 1. The Morgan fingerprint density at radius 2 is 1.88 bits per heavy atom. The van der Waals surface area contributed by atoms with Crippen molar-refractivity contribution in [2.45, 2.75) is 65.2 Å². The summed E-state index contributed by atoms with van der Waals surface area (Å²) in [6.07, 6.45) is 10.2. The molecule has 1 aromatic rings. The van der Waals surface area contributed by atoms with Gasteiger partial charge in [-0.05, 0) is 25.5 Å². The zero-order valence-corrected chi connectivity index (χ0v) is 14.9. The first-order valence-electron chi connectivity index (χ1n) is 8.95. The molecule has 0 saturated carbocycles. The van der Waals surface area contributed by atoms with E-state index in [-0.39, 0.29) is 11.7 Å². The van der Waals surface area contributed by atoms with Crippen LogP contribution in [0.2, 0.25) is 0 Å². The number of hydrazone groups is 1. The van der Waals surface area contributed by atoms with Crippen LogP contribution >= 0.6 is 0 Å². The second-order valence-corrected chi connectivity index (χ2v) is 5.79. The predicted octanol–water partition coefficient (Wildman–Crippen LogP) is 4.38. The maximum absolute atomic E-state index is 11.7. The predicted molar refractivity (Wildman–Crippen MR) is 97.6 cm³/mol. The minimum absolute atomic E-state index is 0.0319. The average Bonchev–Trinajstić information content (AvgIpc) is 2.57. The first-order valence-corrected chi connectivity index (χ1v) is 8.95. The highest BCUT2D eigenvalue weighted by Gasteiger charge is 2.06. The van der Waals surface area contributed by atoms with Gasteiger partial charge in [0, 0.05) is 12.0 Å². The van der Waals surface area contributed by atoms with E-state index in [2.05, 4.69) is 17.5 Å². The number of benzene rings is 1. The molecule has 24 heavy (non-hydrogen) atoms. The van der Waals surface area contributed by atoms with Gasteiger partial charge < -0.3 is 9.84 Å². The van der Waals surface area contributed by atoms with Gasteiger partial charge >= 0.3 is 0 Å². The fourth-order valence-electron chi connectivity index (χ4n) is 2.39. The Bertz CT molecular complexity index is 515. The molecular formula is C19H30N2O3. The summed E-state index contributed by atoms with van der Waals surface area (Å²) in [6, 6.07) is 5.17. The van der Waals surface area contributed by atoms with E-state index in [0.29, 0.717) is 24.3 Å². The van der Waals surface area contributed by atoms with Crippen LogP contribution in [-0.2, 0) is 4.79 Å². The van der Waals surface area contributed by atoms with E-state index in [4.69, 9.17) is 4.74 Å². The third-order valence-corrected chi connectivity index (χ3v) is 3.73. The number of para-hydroxylation sites is 1. The molecule has 0 atom stereocenters. The summed E-state index contributed by atoms with van der Waals surface area (Å²) in [7, 11) is 0. The van der Waals surface area contributed by atoms with Crippen LogP contribution in [0.4, 0.5) is 0 Å². The highest BCUT2D eigenvalue weighted by molar-refractivity contribution is 5.86. The van der Waals surface area contributed by atoms with Gasteiger partial charge in [-0.1, -0.05) is 51.5 Å². The highest BCUT2D eigenvalue weighted by atomic mass is 16.5. The summed E-state index contributed by atoms with van der Waals surface area (Å²) in [5.41, 5.74) is 3.01. The third-order valence-electron chi connectivity index (χ3n) is 3.73. The number of phenols is 1. The van der Waals surface area contributed by atoms with Crippen LogP contribution in [0.3, 0.4) is 0 Å². The molecule has 134 valence electrons. The molecule has 1 amide bonds. The molecule has 0 fully saturated rings. The number of hydrogen-bond acceptors (Lipinski definition) is 4. The standard InChI is InChI=1S/C19H30N2O3/c1-3-5-6-7-8-9-10-14-18(22)21-20-15-16-12-11-13-17(19(16)23)24-4-2/h11-13,15,23H,3-10,14H2,1-2H3,(H,21,22). The Morgan fingerprint density at radius 1 is 1.17 bits per heavy atom. The molecule has 0 aromatic heterocycles. The van der Waals surface area contributed by atoms with Crippen molar-refractivity contribution >= 4 is 12.1 Å². The van der Waals surface area contributed by atoms with Gasteiger partial charge in [-0.15, -0.1) is 0 Å². The Labute approximate surface area is 145 Å². The van der Waals surface area contributed by atoms with E-state index in [1.807, 2.05) is 6.92 Å². The number of amides is 1. The van der Waals surface area contributed by atoms with Crippen molar-refractivity contribution in [2.75, 3.05) is 6.61 Å². The number of carbonyl (C=O) groups is 1. The first kappa shape index (κ1) is 20.0. The number of carbonyl (C=O) groups excluding carboxylic acids is 1. The summed E-state index contributed by atoms with van der Waals surface area (Å²) in [5, 5.41) is 13.9. The van der Waals surface area contributed by atoms with Crippen molar-refractivity contribution in [3.8, 4) is 11.5 Å². The van der Waals surface area contributed by atoms with Crippen molar-refractivity contribution in [1.29, 1.82) is 0 Å². The molecule has 0 aliphatic heterocycles.